The van der Waals surface area contributed by atoms with E-state index in [1.165, 1.54) is 24.3 Å². The van der Waals surface area contributed by atoms with Crippen molar-refractivity contribution >= 4 is 17.3 Å². The highest BCUT2D eigenvalue weighted by Gasteiger charge is 2.30. The third kappa shape index (κ3) is 3.52. The van der Waals surface area contributed by atoms with Crippen molar-refractivity contribution in [3.8, 4) is 11.4 Å². The van der Waals surface area contributed by atoms with Crippen LogP contribution in [0.5, 0.6) is 0 Å². The molecule has 2 aromatic heterocycles. The summed E-state index contributed by atoms with van der Waals surface area (Å²) in [6.45, 7) is -0.297. The lowest BCUT2D eigenvalue weighted by Crippen LogP contribution is -2.30. The summed E-state index contributed by atoms with van der Waals surface area (Å²) in [6, 6.07) is 9.24. The van der Waals surface area contributed by atoms with Gasteiger partial charge in [-0.2, -0.15) is 0 Å². The van der Waals surface area contributed by atoms with Crippen LogP contribution < -0.4 is 11.0 Å². The Morgan fingerprint density at radius 1 is 1.29 bits per heavy atom. The van der Waals surface area contributed by atoms with Gasteiger partial charge in [-0.1, -0.05) is 6.07 Å². The number of carbonyl (C=O) groups is 1. The van der Waals surface area contributed by atoms with Crippen molar-refractivity contribution in [3.63, 3.8) is 0 Å². The lowest BCUT2D eigenvalue weighted by Gasteiger charge is -2.04. The third-order valence-corrected chi connectivity index (χ3v) is 4.34. The quantitative estimate of drug-likeness (QED) is 0.515. The Morgan fingerprint density at radius 3 is 2.79 bits per heavy atom. The van der Waals surface area contributed by atoms with Crippen molar-refractivity contribution in [1.29, 1.82) is 0 Å². The van der Waals surface area contributed by atoms with Crippen molar-refractivity contribution in [2.45, 2.75) is 25.4 Å². The molecule has 1 N–H and O–H groups in total. The van der Waals surface area contributed by atoms with Crippen LogP contribution in [0, 0.1) is 10.1 Å². The zero-order valence-electron chi connectivity index (χ0n) is 14.7. The minimum atomic E-state index is -0.544. The number of nitro benzene ring substituents is 1. The second-order valence-electron chi connectivity index (χ2n) is 6.46. The summed E-state index contributed by atoms with van der Waals surface area (Å²) in [4.78, 5) is 39.5. The van der Waals surface area contributed by atoms with E-state index in [0.29, 0.717) is 11.4 Å². The Kier molecular flexibility index (Phi) is 4.44. The predicted molar refractivity (Wildman–Crippen MR) is 99.7 cm³/mol. The topological polar surface area (TPSA) is 125 Å². The summed E-state index contributed by atoms with van der Waals surface area (Å²) in [5, 5.41) is 17.7. The van der Waals surface area contributed by atoms with Gasteiger partial charge < -0.3 is 5.32 Å². The molecule has 1 aliphatic rings. The minimum absolute atomic E-state index is 0.0799. The molecule has 1 aromatic carbocycles. The number of carbonyl (C=O) groups excluding carboxylic acids is 1. The van der Waals surface area contributed by atoms with Gasteiger partial charge in [0, 0.05) is 41.8 Å². The molecule has 3 aromatic rings. The molecule has 0 bridgehead atoms. The molecule has 2 heterocycles. The number of hydrogen-bond donors (Lipinski definition) is 1. The molecule has 0 atom stereocenters. The summed E-state index contributed by atoms with van der Waals surface area (Å²) < 4.78 is 2.70. The number of anilines is 1. The van der Waals surface area contributed by atoms with E-state index in [0.717, 1.165) is 17.5 Å². The van der Waals surface area contributed by atoms with E-state index in [-0.39, 0.29) is 29.7 Å². The van der Waals surface area contributed by atoms with Crippen molar-refractivity contribution in [2.24, 2.45) is 0 Å². The molecule has 1 amide bonds. The fraction of sp³-hybridized carbons (Fsp3) is 0.222. The number of hydrogen-bond acceptors (Lipinski definition) is 6. The van der Waals surface area contributed by atoms with E-state index in [2.05, 4.69) is 15.4 Å². The van der Waals surface area contributed by atoms with Gasteiger partial charge in [-0.05, 0) is 31.0 Å². The van der Waals surface area contributed by atoms with Gasteiger partial charge in [0.2, 0.25) is 5.91 Å². The Bertz CT molecular complexity index is 1100. The van der Waals surface area contributed by atoms with Crippen LogP contribution in [0.4, 0.5) is 11.4 Å². The number of rotatable bonds is 6. The zero-order valence-corrected chi connectivity index (χ0v) is 14.7. The van der Waals surface area contributed by atoms with Gasteiger partial charge in [0.05, 0.1) is 4.92 Å². The average molecular weight is 380 g/mol. The lowest BCUT2D eigenvalue weighted by atomic mass is 10.3. The van der Waals surface area contributed by atoms with Crippen LogP contribution in [0.25, 0.3) is 11.4 Å². The Balaban J connectivity index is 1.58. The largest absolute Gasteiger partial charge is 0.346 e. The van der Waals surface area contributed by atoms with E-state index in [1.807, 2.05) is 0 Å². The van der Waals surface area contributed by atoms with Crippen LogP contribution >= 0.6 is 0 Å². The van der Waals surface area contributed by atoms with E-state index in [1.54, 1.807) is 29.1 Å². The van der Waals surface area contributed by atoms with Crippen LogP contribution in [0.1, 0.15) is 18.9 Å². The number of nitrogens with zero attached hydrogens (tertiary/aromatic N) is 5. The average Bonchev–Trinajstić information content (AvgIpc) is 3.47. The first-order valence-electron chi connectivity index (χ1n) is 8.67. The van der Waals surface area contributed by atoms with Crippen molar-refractivity contribution in [3.05, 3.63) is 69.4 Å². The Hall–Kier alpha value is -3.82. The number of pyridine rings is 1. The predicted octanol–water partition coefficient (Wildman–Crippen LogP) is 1.99. The van der Waals surface area contributed by atoms with Gasteiger partial charge in [-0.3, -0.25) is 24.5 Å². The minimum Gasteiger partial charge on any atom is -0.324 e. The molecule has 1 fully saturated rings. The monoisotopic (exact) mass is 380 g/mol. The molecule has 28 heavy (non-hydrogen) atoms. The highest BCUT2D eigenvalue weighted by atomic mass is 16.6. The fourth-order valence-corrected chi connectivity index (χ4v) is 2.91. The maximum absolute atomic E-state index is 12.7. The number of benzene rings is 1. The smallest absolute Gasteiger partial charge is 0.324 e. The fourth-order valence-electron chi connectivity index (χ4n) is 2.91. The molecule has 10 nitrogen and oxygen atoms in total. The summed E-state index contributed by atoms with van der Waals surface area (Å²) in [6.07, 6.45) is 5.03. The van der Waals surface area contributed by atoms with E-state index >= 15 is 0 Å². The van der Waals surface area contributed by atoms with E-state index < -0.39 is 10.8 Å². The number of nitrogens with one attached hydrogen (secondary N) is 1. The van der Waals surface area contributed by atoms with Crippen LogP contribution in [0.3, 0.4) is 0 Å². The third-order valence-electron chi connectivity index (χ3n) is 4.34. The molecule has 1 aliphatic carbocycles. The lowest BCUT2D eigenvalue weighted by molar-refractivity contribution is -0.384. The summed E-state index contributed by atoms with van der Waals surface area (Å²) in [5.74, 6) is -0.0236. The summed E-state index contributed by atoms with van der Waals surface area (Å²) in [7, 11) is 0. The first kappa shape index (κ1) is 17.6. The first-order valence-corrected chi connectivity index (χ1v) is 8.67. The van der Waals surface area contributed by atoms with Crippen molar-refractivity contribution < 1.29 is 9.72 Å². The highest BCUT2D eigenvalue weighted by molar-refractivity contribution is 5.90. The molecule has 0 radical (unpaired) electrons. The van der Waals surface area contributed by atoms with Gasteiger partial charge in [0.15, 0.2) is 5.82 Å². The summed E-state index contributed by atoms with van der Waals surface area (Å²) in [5.41, 5.74) is 0.480. The summed E-state index contributed by atoms with van der Waals surface area (Å²) >= 11 is 0. The van der Waals surface area contributed by atoms with Crippen LogP contribution in [0.15, 0.2) is 53.6 Å². The number of amides is 1. The second-order valence-corrected chi connectivity index (χ2v) is 6.46. The van der Waals surface area contributed by atoms with Gasteiger partial charge in [0.1, 0.15) is 6.54 Å². The molecule has 0 saturated heterocycles. The van der Waals surface area contributed by atoms with Crippen LogP contribution in [-0.4, -0.2) is 30.2 Å². The molecule has 0 unspecified atom stereocenters. The normalized spacial score (nSPS) is 13.3. The van der Waals surface area contributed by atoms with E-state index in [9.17, 15) is 19.7 Å². The van der Waals surface area contributed by atoms with Gasteiger partial charge in [-0.25, -0.2) is 9.48 Å². The number of aromatic nitrogens is 4. The molecule has 142 valence electrons. The van der Waals surface area contributed by atoms with Crippen molar-refractivity contribution in [2.75, 3.05) is 5.32 Å². The van der Waals surface area contributed by atoms with Crippen LogP contribution in [-0.2, 0) is 11.3 Å². The van der Waals surface area contributed by atoms with Gasteiger partial charge in [0.25, 0.3) is 5.69 Å². The number of nitro groups is 1. The SMILES string of the molecule is O=C(Cn1nc(-c2cccnc2)n(C2CC2)c1=O)Nc1cccc([N+](=O)[O-])c1. The molecule has 4 rings (SSSR count). The maximum atomic E-state index is 12.7. The maximum Gasteiger partial charge on any atom is 0.346 e. The Labute approximate surface area is 158 Å². The van der Waals surface area contributed by atoms with Gasteiger partial charge in [-0.15, -0.1) is 5.10 Å². The van der Waals surface area contributed by atoms with Gasteiger partial charge >= 0.3 is 5.69 Å². The molecule has 10 heteroatoms. The molecule has 0 aliphatic heterocycles. The van der Waals surface area contributed by atoms with Crippen LogP contribution in [0.2, 0.25) is 0 Å². The molecular formula is C18H16N6O4. The highest BCUT2D eigenvalue weighted by Crippen LogP contribution is 2.36. The van der Waals surface area contributed by atoms with E-state index in [4.69, 9.17) is 0 Å². The molecule has 0 spiro atoms. The molecule has 1 saturated carbocycles. The standard InChI is InChI=1S/C18H16N6O4/c25-16(20-13-4-1-5-15(9-13)24(27)28)11-22-18(26)23(14-6-7-14)17(21-22)12-3-2-8-19-10-12/h1-5,8-10,14H,6-7,11H2,(H,20,25). The molecular weight excluding hydrogens is 364 g/mol. The number of non-ortho nitro benzene ring substituents is 1. The van der Waals surface area contributed by atoms with Crippen molar-refractivity contribution in [1.82, 2.24) is 19.3 Å². The zero-order chi connectivity index (χ0) is 19.7. The Morgan fingerprint density at radius 2 is 2.11 bits per heavy atom. The first-order chi connectivity index (χ1) is 13.5. The second kappa shape index (κ2) is 7.06.